The Morgan fingerprint density at radius 3 is 2.68 bits per heavy atom. The number of aliphatic carboxylic acids is 1. The summed E-state index contributed by atoms with van der Waals surface area (Å²) in [6, 6.07) is 13.2. The smallest absolute Gasteiger partial charge is 0.341 e. The number of amides is 1. The topological polar surface area (TPSA) is 122 Å². The van der Waals surface area contributed by atoms with E-state index in [-0.39, 0.29) is 25.2 Å². The van der Waals surface area contributed by atoms with E-state index in [1.165, 1.54) is 0 Å². The molecule has 9 nitrogen and oxygen atoms in total. The molecule has 2 atom stereocenters. The first-order valence-corrected chi connectivity index (χ1v) is 12.8. The molecule has 0 bridgehead atoms. The van der Waals surface area contributed by atoms with Gasteiger partial charge in [-0.05, 0) is 50.1 Å². The number of aliphatic hydroxyl groups excluding tert-OH is 1. The molecule has 37 heavy (non-hydrogen) atoms. The Morgan fingerprint density at radius 2 is 1.89 bits per heavy atom. The number of ether oxygens (including phenoxy) is 2. The molecule has 0 radical (unpaired) electrons. The third-order valence-corrected chi connectivity index (χ3v) is 7.37. The van der Waals surface area contributed by atoms with Gasteiger partial charge in [-0.2, -0.15) is 0 Å². The predicted octanol–water partition coefficient (Wildman–Crippen LogP) is 3.29. The zero-order valence-electron chi connectivity index (χ0n) is 20.9. The van der Waals surface area contributed by atoms with Crippen molar-refractivity contribution in [2.45, 2.75) is 56.7 Å². The number of carboxylic acid groups (broad SMARTS) is 1. The first-order valence-electron chi connectivity index (χ1n) is 12.8. The average Bonchev–Trinajstić information content (AvgIpc) is 3.60. The van der Waals surface area contributed by atoms with Crippen LogP contribution in [-0.4, -0.2) is 58.6 Å². The van der Waals surface area contributed by atoms with Gasteiger partial charge in [0, 0.05) is 42.0 Å². The van der Waals surface area contributed by atoms with Crippen LogP contribution in [-0.2, 0) is 21.5 Å². The van der Waals surface area contributed by atoms with Crippen molar-refractivity contribution in [1.29, 1.82) is 0 Å². The normalized spacial score (nSPS) is 17.5. The van der Waals surface area contributed by atoms with Gasteiger partial charge in [0.1, 0.15) is 24.2 Å². The fourth-order valence-electron chi connectivity index (χ4n) is 5.62. The number of hydrogen-bond donors (Lipinski definition) is 4. The average molecular weight is 508 g/mol. The summed E-state index contributed by atoms with van der Waals surface area (Å²) < 4.78 is 13.5. The Kier molecular flexibility index (Phi) is 7.08. The van der Waals surface area contributed by atoms with Gasteiger partial charge in [-0.15, -0.1) is 0 Å². The second-order valence-corrected chi connectivity index (χ2v) is 10.0. The second kappa shape index (κ2) is 10.4. The molecule has 0 saturated heterocycles. The number of nitrogens with one attached hydrogen (secondary N) is 2. The highest BCUT2D eigenvalue weighted by Crippen LogP contribution is 2.52. The van der Waals surface area contributed by atoms with Gasteiger partial charge in [-0.1, -0.05) is 25.0 Å². The highest BCUT2D eigenvalue weighted by Gasteiger charge is 2.50. The number of aromatic nitrogens is 1. The van der Waals surface area contributed by atoms with Crippen molar-refractivity contribution in [1.82, 2.24) is 9.88 Å². The Labute approximate surface area is 215 Å². The summed E-state index contributed by atoms with van der Waals surface area (Å²) in [4.78, 5) is 23.6. The van der Waals surface area contributed by atoms with Crippen molar-refractivity contribution in [3.8, 4) is 11.5 Å². The molecule has 4 N–H and O–H groups in total. The summed E-state index contributed by atoms with van der Waals surface area (Å²) >= 11 is 0. The number of hydrogen-bond acceptors (Lipinski definition) is 6. The first kappa shape index (κ1) is 25.1. The number of benzene rings is 2. The molecular weight excluding hydrogens is 474 g/mol. The third-order valence-electron chi connectivity index (χ3n) is 7.37. The number of carbonyl (C=O) groups is 2. The maximum atomic E-state index is 12.8. The van der Waals surface area contributed by atoms with Crippen LogP contribution >= 0.6 is 0 Å². The van der Waals surface area contributed by atoms with Gasteiger partial charge in [0.15, 0.2) is 6.61 Å². The van der Waals surface area contributed by atoms with Gasteiger partial charge in [0.2, 0.25) is 5.91 Å². The maximum Gasteiger partial charge on any atom is 0.341 e. The Hall–Kier alpha value is -3.56. The molecule has 3 aromatic rings. The summed E-state index contributed by atoms with van der Waals surface area (Å²) in [5.74, 6) is 0.252. The molecule has 9 heteroatoms. The Morgan fingerprint density at radius 1 is 1.14 bits per heavy atom. The van der Waals surface area contributed by atoms with Crippen LogP contribution in [0.2, 0.25) is 0 Å². The van der Waals surface area contributed by atoms with Crippen molar-refractivity contribution < 1.29 is 29.3 Å². The minimum absolute atomic E-state index is 0.0541. The van der Waals surface area contributed by atoms with Crippen LogP contribution < -0.4 is 20.1 Å². The van der Waals surface area contributed by atoms with Gasteiger partial charge >= 0.3 is 5.97 Å². The molecule has 2 aromatic carbocycles. The number of nitrogens with zero attached hydrogens (tertiary/aromatic N) is 1. The van der Waals surface area contributed by atoms with E-state index in [4.69, 9.17) is 14.6 Å². The summed E-state index contributed by atoms with van der Waals surface area (Å²) in [6.45, 7) is 2.78. The van der Waals surface area contributed by atoms with E-state index in [1.54, 1.807) is 6.07 Å². The van der Waals surface area contributed by atoms with E-state index in [0.29, 0.717) is 24.6 Å². The van der Waals surface area contributed by atoms with Crippen LogP contribution in [0.1, 0.15) is 38.2 Å². The van der Waals surface area contributed by atoms with Gasteiger partial charge in [-0.3, -0.25) is 4.79 Å². The number of anilines is 1. The third kappa shape index (κ3) is 5.01. The monoisotopic (exact) mass is 507 g/mol. The lowest BCUT2D eigenvalue weighted by Gasteiger charge is -2.24. The molecule has 2 heterocycles. The SMILES string of the molecule is CC(Cn1ccc2c(OCC(=O)O)cccc21)NCC(O)COc1cccc2c1C1(CCCC1)C(=O)N2. The first-order chi connectivity index (χ1) is 17.9. The summed E-state index contributed by atoms with van der Waals surface area (Å²) in [5.41, 5.74) is 2.21. The van der Waals surface area contributed by atoms with Crippen molar-refractivity contribution in [2.75, 3.05) is 25.1 Å². The van der Waals surface area contributed by atoms with E-state index in [2.05, 4.69) is 15.2 Å². The van der Waals surface area contributed by atoms with Gasteiger partial charge < -0.3 is 34.9 Å². The molecule has 1 spiro atoms. The van der Waals surface area contributed by atoms with Gasteiger partial charge in [0.05, 0.1) is 10.9 Å². The van der Waals surface area contributed by atoms with E-state index < -0.39 is 17.5 Å². The number of rotatable bonds is 11. The molecule has 1 amide bonds. The van der Waals surface area contributed by atoms with Crippen molar-refractivity contribution in [2.24, 2.45) is 0 Å². The maximum absolute atomic E-state index is 12.8. The van der Waals surface area contributed by atoms with Crippen LogP contribution in [0, 0.1) is 0 Å². The highest BCUT2D eigenvalue weighted by molar-refractivity contribution is 6.07. The van der Waals surface area contributed by atoms with Crippen LogP contribution in [0.25, 0.3) is 10.9 Å². The number of carbonyl (C=O) groups excluding carboxylic acids is 1. The number of fused-ring (bicyclic) bond motifs is 3. The lowest BCUT2D eigenvalue weighted by molar-refractivity contribution is -0.139. The molecule has 1 aliphatic carbocycles. The summed E-state index contributed by atoms with van der Waals surface area (Å²) in [6.07, 6.45) is 4.93. The molecule has 1 fully saturated rings. The molecular formula is C28H33N3O6. The van der Waals surface area contributed by atoms with Gasteiger partial charge in [-0.25, -0.2) is 4.79 Å². The standard InChI is InChI=1S/C28H33N3O6/c1-18(15-31-13-10-20-22(31)7-5-8-23(20)37-17-25(33)34)29-14-19(32)16-36-24-9-4-6-21-26(24)28(27(35)30-21)11-2-3-12-28/h4-10,13,18-19,29,32H,2-3,11-12,14-17H2,1H3,(H,30,35)(H,33,34). The molecule has 2 unspecified atom stereocenters. The fourth-order valence-corrected chi connectivity index (χ4v) is 5.62. The Balaban J connectivity index is 1.16. The highest BCUT2D eigenvalue weighted by atomic mass is 16.5. The lowest BCUT2D eigenvalue weighted by Crippen LogP contribution is -2.38. The van der Waals surface area contributed by atoms with Crippen molar-refractivity contribution in [3.05, 3.63) is 54.2 Å². The minimum Gasteiger partial charge on any atom is -0.490 e. The predicted molar refractivity (Wildman–Crippen MR) is 139 cm³/mol. The van der Waals surface area contributed by atoms with E-state index in [1.807, 2.05) is 49.5 Å². The zero-order chi connectivity index (χ0) is 26.0. The van der Waals surface area contributed by atoms with Crippen LogP contribution in [0.4, 0.5) is 5.69 Å². The fraction of sp³-hybridized carbons (Fsp3) is 0.429. The largest absolute Gasteiger partial charge is 0.490 e. The number of carboxylic acids is 1. The molecule has 196 valence electrons. The van der Waals surface area contributed by atoms with E-state index in [0.717, 1.165) is 47.8 Å². The molecule has 1 saturated carbocycles. The van der Waals surface area contributed by atoms with E-state index >= 15 is 0 Å². The van der Waals surface area contributed by atoms with Crippen molar-refractivity contribution >= 4 is 28.5 Å². The summed E-state index contributed by atoms with van der Waals surface area (Å²) in [5, 5.41) is 26.7. The van der Waals surface area contributed by atoms with Crippen LogP contribution in [0.5, 0.6) is 11.5 Å². The van der Waals surface area contributed by atoms with Gasteiger partial charge in [0.25, 0.3) is 0 Å². The zero-order valence-corrected chi connectivity index (χ0v) is 20.9. The lowest BCUT2D eigenvalue weighted by atomic mass is 9.79. The molecule has 2 aliphatic rings. The quantitative estimate of drug-likeness (QED) is 0.314. The number of aliphatic hydroxyl groups is 1. The van der Waals surface area contributed by atoms with Crippen molar-refractivity contribution in [3.63, 3.8) is 0 Å². The summed E-state index contributed by atoms with van der Waals surface area (Å²) in [7, 11) is 0. The second-order valence-electron chi connectivity index (χ2n) is 10.0. The van der Waals surface area contributed by atoms with Crippen LogP contribution in [0.3, 0.4) is 0 Å². The molecule has 1 aliphatic heterocycles. The van der Waals surface area contributed by atoms with Crippen LogP contribution in [0.15, 0.2) is 48.7 Å². The van der Waals surface area contributed by atoms with E-state index in [9.17, 15) is 14.7 Å². The molecule has 5 rings (SSSR count). The minimum atomic E-state index is -1.02. The molecule has 1 aromatic heterocycles. The Bertz CT molecular complexity index is 1300.